The molecule has 34 heavy (non-hydrogen) atoms. The van der Waals surface area contributed by atoms with Gasteiger partial charge in [-0.25, -0.2) is 0 Å². The molecule has 7 nitrogen and oxygen atoms in total. The summed E-state index contributed by atoms with van der Waals surface area (Å²) < 4.78 is 2.15. The summed E-state index contributed by atoms with van der Waals surface area (Å²) in [7, 11) is 2.12. The van der Waals surface area contributed by atoms with Crippen LogP contribution in [0.4, 0.5) is 0 Å². The van der Waals surface area contributed by atoms with Crippen molar-refractivity contribution in [3.05, 3.63) is 17.5 Å². The fraction of sp³-hybridized carbons (Fsp3) is 0.815. The zero-order valence-corrected chi connectivity index (χ0v) is 20.8. The third-order valence-corrected chi connectivity index (χ3v) is 9.48. The fourth-order valence-electron chi connectivity index (χ4n) is 7.63. The number of aromatic nitrogens is 2. The van der Waals surface area contributed by atoms with E-state index in [1.54, 1.807) is 0 Å². The normalized spacial score (nSPS) is 31.0. The van der Waals surface area contributed by atoms with Crippen LogP contribution < -0.4 is 5.32 Å². The zero-order chi connectivity index (χ0) is 23.7. The average molecular weight is 471 g/mol. The number of rotatable bonds is 8. The number of carboxylic acids is 1. The van der Waals surface area contributed by atoms with E-state index in [0.29, 0.717) is 36.8 Å². The molecule has 0 spiro atoms. The average Bonchev–Trinajstić information content (AvgIpc) is 3.44. The van der Waals surface area contributed by atoms with Gasteiger partial charge in [-0.15, -0.1) is 0 Å². The van der Waals surface area contributed by atoms with Crippen molar-refractivity contribution < 1.29 is 14.7 Å². The number of carbonyl (C=O) groups is 2. The molecule has 0 aromatic carbocycles. The van der Waals surface area contributed by atoms with E-state index in [1.807, 2.05) is 0 Å². The maximum Gasteiger partial charge on any atom is 0.303 e. The van der Waals surface area contributed by atoms with E-state index in [1.165, 1.54) is 49.9 Å². The van der Waals surface area contributed by atoms with Crippen LogP contribution in [-0.4, -0.2) is 57.3 Å². The highest BCUT2D eigenvalue weighted by Gasteiger charge is 2.43. The predicted octanol–water partition coefficient (Wildman–Crippen LogP) is 4.19. The molecule has 2 saturated carbocycles. The molecule has 7 heteroatoms. The number of hydrogen-bond acceptors (Lipinski definition) is 4. The van der Waals surface area contributed by atoms with Gasteiger partial charge in [-0.3, -0.25) is 19.2 Å². The number of fused-ring (bicyclic) bond motifs is 3. The van der Waals surface area contributed by atoms with Crippen LogP contribution in [-0.2, 0) is 16.6 Å². The summed E-state index contributed by atoms with van der Waals surface area (Å²) in [6.45, 7) is 2.85. The van der Waals surface area contributed by atoms with Gasteiger partial charge in [0.05, 0.1) is 12.1 Å². The lowest BCUT2D eigenvalue weighted by atomic mass is 9.74. The Kier molecular flexibility index (Phi) is 7.01. The highest BCUT2D eigenvalue weighted by atomic mass is 16.4. The number of nitrogens with one attached hydrogen (secondary N) is 1. The second kappa shape index (κ2) is 10.00. The van der Waals surface area contributed by atoms with Crippen LogP contribution in [0.5, 0.6) is 0 Å². The molecular weight excluding hydrogens is 428 g/mol. The van der Waals surface area contributed by atoms with Crippen molar-refractivity contribution in [2.45, 2.75) is 101 Å². The second-order valence-electron chi connectivity index (χ2n) is 11.8. The van der Waals surface area contributed by atoms with Gasteiger partial charge in [0.25, 0.3) is 0 Å². The van der Waals surface area contributed by atoms with Crippen molar-refractivity contribution in [2.75, 3.05) is 19.6 Å². The Labute approximate surface area is 203 Å². The molecular formula is C27H42N4O3. The van der Waals surface area contributed by atoms with Crippen molar-refractivity contribution in [2.24, 2.45) is 18.4 Å². The highest BCUT2D eigenvalue weighted by molar-refractivity contribution is 5.78. The Balaban J connectivity index is 1.16. The summed E-state index contributed by atoms with van der Waals surface area (Å²) in [6.07, 6.45) is 13.2. The first-order valence-electron chi connectivity index (χ1n) is 13.7. The lowest BCUT2D eigenvalue weighted by molar-refractivity contribution is -0.140. The van der Waals surface area contributed by atoms with E-state index < -0.39 is 5.97 Å². The molecule has 1 unspecified atom stereocenters. The van der Waals surface area contributed by atoms with Crippen LogP contribution in [0, 0.1) is 11.3 Å². The molecule has 1 aromatic heterocycles. The number of carbonyl (C=O) groups excluding carboxylic acids is 1. The first-order chi connectivity index (χ1) is 16.4. The van der Waals surface area contributed by atoms with Crippen molar-refractivity contribution in [1.82, 2.24) is 20.0 Å². The molecule has 2 N–H and O–H groups in total. The molecule has 6 rings (SSSR count). The Morgan fingerprint density at radius 2 is 1.88 bits per heavy atom. The van der Waals surface area contributed by atoms with Crippen molar-refractivity contribution in [1.29, 1.82) is 0 Å². The summed E-state index contributed by atoms with van der Waals surface area (Å²) in [5.41, 5.74) is 2.37. The van der Waals surface area contributed by atoms with E-state index in [9.17, 15) is 14.7 Å². The molecule has 1 amide bonds. The lowest BCUT2D eigenvalue weighted by Crippen LogP contribution is -2.56. The van der Waals surface area contributed by atoms with Crippen LogP contribution in [0.3, 0.4) is 0 Å². The Morgan fingerprint density at radius 3 is 2.56 bits per heavy atom. The summed E-state index contributed by atoms with van der Waals surface area (Å²) >= 11 is 0. The van der Waals surface area contributed by atoms with Gasteiger partial charge in [-0.1, -0.05) is 32.1 Å². The fourth-order valence-corrected chi connectivity index (χ4v) is 7.63. The van der Waals surface area contributed by atoms with Crippen molar-refractivity contribution >= 4 is 11.9 Å². The molecule has 4 atom stereocenters. The van der Waals surface area contributed by atoms with Crippen LogP contribution in [0.15, 0.2) is 6.07 Å². The largest absolute Gasteiger partial charge is 0.481 e. The molecule has 188 valence electrons. The number of hydrogen-bond donors (Lipinski definition) is 2. The Bertz CT molecular complexity index is 884. The van der Waals surface area contributed by atoms with E-state index >= 15 is 0 Å². The minimum Gasteiger partial charge on any atom is -0.481 e. The minimum absolute atomic E-state index is 0.0334. The predicted molar refractivity (Wildman–Crippen MR) is 131 cm³/mol. The SMILES string of the molecule is Cn1nc(C2CCCCC2)cc1[C@@H]1CN2CC[C@H]1C[C@@H]2CNC(=O)CC1(CC(=O)O)CCCC1. The topological polar surface area (TPSA) is 87.5 Å². The van der Waals surface area contributed by atoms with E-state index in [0.717, 1.165) is 45.2 Å². The molecule has 2 bridgehead atoms. The summed E-state index contributed by atoms with van der Waals surface area (Å²) in [5, 5.41) is 17.5. The molecule has 5 aliphatic rings. The molecule has 4 heterocycles. The third-order valence-electron chi connectivity index (χ3n) is 9.48. The van der Waals surface area contributed by atoms with Gasteiger partial charge < -0.3 is 10.4 Å². The van der Waals surface area contributed by atoms with Crippen molar-refractivity contribution in [3.8, 4) is 0 Å². The van der Waals surface area contributed by atoms with E-state index in [2.05, 4.69) is 28.0 Å². The van der Waals surface area contributed by atoms with Crippen molar-refractivity contribution in [3.63, 3.8) is 0 Å². The van der Waals surface area contributed by atoms with Gasteiger partial charge in [-0.2, -0.15) is 5.10 Å². The van der Waals surface area contributed by atoms with Gasteiger partial charge in [0.15, 0.2) is 0 Å². The third kappa shape index (κ3) is 5.05. The quantitative estimate of drug-likeness (QED) is 0.595. The summed E-state index contributed by atoms with van der Waals surface area (Å²) in [6, 6.07) is 2.80. The summed E-state index contributed by atoms with van der Waals surface area (Å²) in [4.78, 5) is 26.7. The number of nitrogens with zero attached hydrogens (tertiary/aromatic N) is 3. The van der Waals surface area contributed by atoms with E-state index in [4.69, 9.17) is 5.10 Å². The van der Waals surface area contributed by atoms with Crippen LogP contribution in [0.1, 0.15) is 107 Å². The van der Waals surface area contributed by atoms with Gasteiger partial charge in [0.2, 0.25) is 5.91 Å². The standard InChI is InChI=1S/C27H42N4O3/c1-30-24(14-23(29-30)19-7-3-2-4-8-19)22-18-31-12-9-20(22)13-21(31)17-28-25(32)15-27(16-26(33)34)10-5-6-11-27/h14,19-22H,2-13,15-18H2,1H3,(H,28,32)(H,33,34)/t20-,21+,22+/m0/s1. The second-order valence-corrected chi connectivity index (χ2v) is 11.8. The van der Waals surface area contributed by atoms with Crippen LogP contribution >= 0.6 is 0 Å². The number of carboxylic acid groups (broad SMARTS) is 1. The molecule has 1 aromatic rings. The molecule has 3 aliphatic heterocycles. The minimum atomic E-state index is -0.779. The lowest BCUT2D eigenvalue weighted by Gasteiger charge is -2.50. The number of amides is 1. The first-order valence-corrected chi connectivity index (χ1v) is 13.7. The molecule has 2 aliphatic carbocycles. The van der Waals surface area contributed by atoms with Crippen LogP contribution in [0.25, 0.3) is 0 Å². The van der Waals surface area contributed by atoms with Gasteiger partial charge in [-0.05, 0) is 62.5 Å². The van der Waals surface area contributed by atoms with Gasteiger partial charge in [0.1, 0.15) is 0 Å². The molecule has 0 radical (unpaired) electrons. The zero-order valence-electron chi connectivity index (χ0n) is 20.8. The first kappa shape index (κ1) is 23.8. The summed E-state index contributed by atoms with van der Waals surface area (Å²) in [5.74, 6) is 1.08. The number of aliphatic carboxylic acids is 1. The Morgan fingerprint density at radius 1 is 1.12 bits per heavy atom. The maximum absolute atomic E-state index is 12.8. The van der Waals surface area contributed by atoms with E-state index in [-0.39, 0.29) is 17.7 Å². The Hall–Kier alpha value is -1.89. The smallest absolute Gasteiger partial charge is 0.303 e. The molecule has 3 saturated heterocycles. The van der Waals surface area contributed by atoms with Gasteiger partial charge in [0, 0.05) is 50.1 Å². The van der Waals surface area contributed by atoms with Crippen LogP contribution in [0.2, 0.25) is 0 Å². The van der Waals surface area contributed by atoms with Gasteiger partial charge >= 0.3 is 5.97 Å². The monoisotopic (exact) mass is 470 g/mol. The molecule has 5 fully saturated rings. The highest BCUT2D eigenvalue weighted by Crippen LogP contribution is 2.45. The number of piperidine rings is 3. The number of aryl methyl sites for hydroxylation is 1. The maximum atomic E-state index is 12.8.